The lowest BCUT2D eigenvalue weighted by molar-refractivity contribution is -0.148. The molecule has 0 aliphatic heterocycles. The van der Waals surface area contributed by atoms with E-state index < -0.39 is 24.5 Å². The second-order valence-electron chi connectivity index (χ2n) is 6.80. The highest BCUT2D eigenvalue weighted by Crippen LogP contribution is 2.28. The summed E-state index contributed by atoms with van der Waals surface area (Å²) in [6, 6.07) is 11.8. The molecule has 1 N–H and O–H groups in total. The number of amides is 1. The molecule has 0 radical (unpaired) electrons. The molecule has 0 bridgehead atoms. The summed E-state index contributed by atoms with van der Waals surface area (Å²) < 4.78 is 33.0. The maximum atomic E-state index is 13.5. The van der Waals surface area contributed by atoms with Crippen LogP contribution in [-0.4, -0.2) is 28.0 Å². The van der Waals surface area contributed by atoms with Crippen molar-refractivity contribution >= 4 is 22.9 Å². The lowest BCUT2D eigenvalue weighted by Crippen LogP contribution is -2.31. The van der Waals surface area contributed by atoms with Crippen LogP contribution in [0.3, 0.4) is 0 Å². The Morgan fingerprint density at radius 3 is 2.45 bits per heavy atom. The lowest BCUT2D eigenvalue weighted by atomic mass is 10.1. The number of halogens is 2. The fourth-order valence-electron chi connectivity index (χ4n) is 3.21. The van der Waals surface area contributed by atoms with Gasteiger partial charge in [0.1, 0.15) is 6.54 Å². The van der Waals surface area contributed by atoms with Crippen molar-refractivity contribution in [3.63, 3.8) is 0 Å². The number of imidazole rings is 1. The van der Waals surface area contributed by atoms with E-state index in [-0.39, 0.29) is 17.9 Å². The summed E-state index contributed by atoms with van der Waals surface area (Å²) in [7, 11) is 0. The van der Waals surface area contributed by atoms with Gasteiger partial charge in [-0.25, -0.2) is 4.98 Å². The molecule has 0 fully saturated rings. The molecule has 0 aliphatic rings. The van der Waals surface area contributed by atoms with Gasteiger partial charge in [0.2, 0.25) is 0 Å². The topological polar surface area (TPSA) is 73.2 Å². The zero-order valence-corrected chi connectivity index (χ0v) is 16.3. The molecule has 1 amide bonds. The molecule has 29 heavy (non-hydrogen) atoms. The van der Waals surface area contributed by atoms with E-state index in [0.29, 0.717) is 11.1 Å². The molecule has 6 nitrogen and oxygen atoms in total. The van der Waals surface area contributed by atoms with E-state index in [1.165, 1.54) is 13.0 Å². The van der Waals surface area contributed by atoms with Crippen LogP contribution in [0.15, 0.2) is 42.5 Å². The Labute approximate surface area is 166 Å². The van der Waals surface area contributed by atoms with Crippen LogP contribution in [0.5, 0.6) is 0 Å². The van der Waals surface area contributed by atoms with Gasteiger partial charge in [-0.15, -0.1) is 0 Å². The number of nitrogens with zero attached hydrogens (tertiary/aromatic N) is 2. The average molecular weight is 401 g/mol. The van der Waals surface area contributed by atoms with E-state index in [9.17, 15) is 18.4 Å². The van der Waals surface area contributed by atoms with E-state index in [2.05, 4.69) is 10.3 Å². The minimum Gasteiger partial charge on any atom is -0.453 e. The second kappa shape index (κ2) is 8.38. The number of carbonyl (C=O) groups excluding carboxylic acids is 2. The van der Waals surface area contributed by atoms with Crippen molar-refractivity contribution in [2.45, 2.75) is 33.4 Å². The van der Waals surface area contributed by atoms with Gasteiger partial charge < -0.3 is 10.1 Å². The van der Waals surface area contributed by atoms with E-state index in [4.69, 9.17) is 4.74 Å². The number of ether oxygens (including phenoxy) is 1. The van der Waals surface area contributed by atoms with Crippen molar-refractivity contribution in [1.82, 2.24) is 14.9 Å². The third-order valence-corrected chi connectivity index (χ3v) is 4.37. The van der Waals surface area contributed by atoms with Crippen molar-refractivity contribution in [2.24, 2.45) is 0 Å². The highest BCUT2D eigenvalue weighted by molar-refractivity contribution is 5.96. The Balaban J connectivity index is 1.67. The number of hydrogen-bond acceptors (Lipinski definition) is 4. The Kier molecular flexibility index (Phi) is 5.91. The second-order valence-corrected chi connectivity index (χ2v) is 6.80. The number of esters is 1. The van der Waals surface area contributed by atoms with Gasteiger partial charge in [-0.2, -0.15) is 8.78 Å². The summed E-state index contributed by atoms with van der Waals surface area (Å²) in [6.07, 6.45) is -1.01. The van der Waals surface area contributed by atoms with Gasteiger partial charge in [0.25, 0.3) is 5.91 Å². The summed E-state index contributed by atoms with van der Waals surface area (Å²) in [5, 5.41) is 2.49. The third kappa shape index (κ3) is 4.59. The van der Waals surface area contributed by atoms with Crippen LogP contribution in [0.2, 0.25) is 0 Å². The Hall–Kier alpha value is -3.29. The molecule has 8 heteroatoms. The molecule has 0 saturated heterocycles. The maximum Gasteiger partial charge on any atom is 0.326 e. The first kappa shape index (κ1) is 20.4. The summed E-state index contributed by atoms with van der Waals surface area (Å²) in [4.78, 5) is 28.5. The van der Waals surface area contributed by atoms with Crippen LogP contribution in [0.4, 0.5) is 8.78 Å². The molecule has 1 heterocycles. The minimum atomic E-state index is -2.83. The van der Waals surface area contributed by atoms with E-state index in [0.717, 1.165) is 15.7 Å². The smallest absolute Gasteiger partial charge is 0.326 e. The minimum absolute atomic E-state index is 0.0600. The molecule has 0 aliphatic carbocycles. The SMILES string of the molecule is Cc1cc(C)cc(C(=O)NCC(=O)OC(C)c2nc3ccccc3n2C(F)F)c1. The summed E-state index contributed by atoms with van der Waals surface area (Å²) in [5.74, 6) is -1.22. The van der Waals surface area contributed by atoms with Crippen molar-refractivity contribution in [3.8, 4) is 0 Å². The zero-order valence-electron chi connectivity index (χ0n) is 16.3. The highest BCUT2D eigenvalue weighted by atomic mass is 19.3. The van der Waals surface area contributed by atoms with Gasteiger partial charge in [-0.3, -0.25) is 14.2 Å². The van der Waals surface area contributed by atoms with E-state index in [1.807, 2.05) is 19.9 Å². The van der Waals surface area contributed by atoms with Crippen LogP contribution < -0.4 is 5.32 Å². The van der Waals surface area contributed by atoms with Crippen molar-refractivity contribution < 1.29 is 23.1 Å². The summed E-state index contributed by atoms with van der Waals surface area (Å²) in [6.45, 7) is 1.99. The van der Waals surface area contributed by atoms with Crippen LogP contribution in [-0.2, 0) is 9.53 Å². The molecule has 152 valence electrons. The summed E-state index contributed by atoms with van der Waals surface area (Å²) >= 11 is 0. The standard InChI is InChI=1S/C21H21F2N3O3/c1-12-8-13(2)10-15(9-12)20(28)24-11-18(27)29-14(3)19-25-16-6-4-5-7-17(16)26(19)21(22)23/h4-10,14,21H,11H2,1-3H3,(H,24,28). The largest absolute Gasteiger partial charge is 0.453 e. The number of aryl methyl sites for hydroxylation is 2. The molecular weight excluding hydrogens is 380 g/mol. The number of benzene rings is 2. The van der Waals surface area contributed by atoms with Gasteiger partial charge >= 0.3 is 12.5 Å². The molecular formula is C21H21F2N3O3. The van der Waals surface area contributed by atoms with E-state index in [1.54, 1.807) is 30.3 Å². The molecule has 3 aromatic rings. The quantitative estimate of drug-likeness (QED) is 0.632. The summed E-state index contributed by atoms with van der Waals surface area (Å²) in [5.41, 5.74) is 2.93. The first-order chi connectivity index (χ1) is 13.8. The highest BCUT2D eigenvalue weighted by Gasteiger charge is 2.24. The number of aromatic nitrogens is 2. The molecule has 1 atom stereocenters. The fourth-order valence-corrected chi connectivity index (χ4v) is 3.21. The predicted octanol–water partition coefficient (Wildman–Crippen LogP) is 4.08. The fraction of sp³-hybridized carbons (Fsp3) is 0.286. The number of fused-ring (bicyclic) bond motifs is 1. The van der Waals surface area contributed by atoms with Crippen molar-refractivity contribution in [1.29, 1.82) is 0 Å². The Bertz CT molecular complexity index is 1040. The molecule has 0 spiro atoms. The first-order valence-corrected chi connectivity index (χ1v) is 9.07. The number of carbonyl (C=O) groups is 2. The number of para-hydroxylation sites is 2. The molecule has 3 rings (SSSR count). The van der Waals surface area contributed by atoms with Crippen LogP contribution >= 0.6 is 0 Å². The average Bonchev–Trinajstić information content (AvgIpc) is 3.05. The van der Waals surface area contributed by atoms with Crippen molar-refractivity contribution in [3.05, 3.63) is 65.0 Å². The van der Waals surface area contributed by atoms with Gasteiger partial charge in [0.05, 0.1) is 11.0 Å². The van der Waals surface area contributed by atoms with Crippen LogP contribution in [0, 0.1) is 13.8 Å². The number of alkyl halides is 2. The van der Waals surface area contributed by atoms with Gasteiger partial charge in [0.15, 0.2) is 11.9 Å². The van der Waals surface area contributed by atoms with Gasteiger partial charge in [0, 0.05) is 5.56 Å². The van der Waals surface area contributed by atoms with Crippen molar-refractivity contribution in [2.75, 3.05) is 6.54 Å². The molecule has 1 unspecified atom stereocenters. The number of rotatable bonds is 6. The van der Waals surface area contributed by atoms with Gasteiger partial charge in [-0.05, 0) is 45.0 Å². The normalized spacial score (nSPS) is 12.2. The van der Waals surface area contributed by atoms with E-state index >= 15 is 0 Å². The predicted molar refractivity (Wildman–Crippen MR) is 104 cm³/mol. The van der Waals surface area contributed by atoms with Crippen LogP contribution in [0.25, 0.3) is 11.0 Å². The zero-order chi connectivity index (χ0) is 21.1. The van der Waals surface area contributed by atoms with Gasteiger partial charge in [-0.1, -0.05) is 29.3 Å². The first-order valence-electron chi connectivity index (χ1n) is 9.07. The Morgan fingerprint density at radius 2 is 1.79 bits per heavy atom. The number of nitrogens with one attached hydrogen (secondary N) is 1. The Morgan fingerprint density at radius 1 is 1.14 bits per heavy atom. The molecule has 1 aromatic heterocycles. The lowest BCUT2D eigenvalue weighted by Gasteiger charge is -2.15. The molecule has 2 aromatic carbocycles. The maximum absolute atomic E-state index is 13.5. The third-order valence-electron chi connectivity index (χ3n) is 4.37. The number of hydrogen-bond donors (Lipinski definition) is 1. The van der Waals surface area contributed by atoms with Crippen LogP contribution in [0.1, 0.15) is 46.9 Å². The molecule has 0 saturated carbocycles. The monoisotopic (exact) mass is 401 g/mol.